The lowest BCUT2D eigenvalue weighted by Crippen LogP contribution is -2.11. The molecule has 0 aliphatic heterocycles. The van der Waals surface area contributed by atoms with Crippen molar-refractivity contribution in [1.82, 2.24) is 0 Å². The van der Waals surface area contributed by atoms with E-state index in [0.29, 0.717) is 18.6 Å². The number of carbonyl (C=O) groups excluding carboxylic acids is 2. The van der Waals surface area contributed by atoms with Crippen molar-refractivity contribution in [3.8, 4) is 0 Å². The minimum Gasteiger partial charge on any atom is -0.462 e. The van der Waals surface area contributed by atoms with Crippen LogP contribution in [-0.2, 0) is 9.53 Å². The minimum absolute atomic E-state index is 0.0447. The molecule has 0 saturated carbocycles. The van der Waals surface area contributed by atoms with Gasteiger partial charge in [-0.1, -0.05) is 129 Å². The Kier molecular flexibility index (Phi) is 21.1. The topological polar surface area (TPSA) is 55.4 Å². The molecule has 0 aliphatic rings. The van der Waals surface area contributed by atoms with E-state index in [1.807, 2.05) is 6.92 Å². The van der Waals surface area contributed by atoms with Crippen LogP contribution in [0, 0.1) is 0 Å². The van der Waals surface area contributed by atoms with Crippen molar-refractivity contribution in [2.45, 2.75) is 149 Å². The molecule has 0 spiro atoms. The Bertz CT molecular complexity index is 656. The number of unbranched alkanes of at least 4 members (excludes halogenated alkanes) is 18. The summed E-state index contributed by atoms with van der Waals surface area (Å²) in [5, 5.41) is 2.92. The molecule has 36 heavy (non-hydrogen) atoms. The Morgan fingerprint density at radius 1 is 0.583 bits per heavy atom. The molecular formula is C32H55NO3. The molecule has 0 bridgehead atoms. The fourth-order valence-electron chi connectivity index (χ4n) is 4.56. The number of nitrogens with one attached hydrogen (secondary N) is 1. The van der Waals surface area contributed by atoms with Crippen LogP contribution in [0.4, 0.5) is 5.69 Å². The first-order valence-electron chi connectivity index (χ1n) is 15.2. The van der Waals surface area contributed by atoms with Gasteiger partial charge in [0.05, 0.1) is 12.2 Å². The van der Waals surface area contributed by atoms with Crippen molar-refractivity contribution >= 4 is 17.6 Å². The smallest absolute Gasteiger partial charge is 0.338 e. The number of benzene rings is 1. The summed E-state index contributed by atoms with van der Waals surface area (Å²) < 4.78 is 5.12. The number of carbonyl (C=O) groups is 2. The van der Waals surface area contributed by atoms with Gasteiger partial charge in [-0.05, 0) is 37.1 Å². The molecule has 0 radical (unpaired) electrons. The van der Waals surface area contributed by atoms with Gasteiger partial charge < -0.3 is 10.1 Å². The molecule has 0 saturated heterocycles. The van der Waals surface area contributed by atoms with Crippen molar-refractivity contribution in [3.05, 3.63) is 29.8 Å². The van der Waals surface area contributed by atoms with E-state index in [0.717, 1.165) is 24.9 Å². The van der Waals surface area contributed by atoms with E-state index in [1.54, 1.807) is 24.3 Å². The van der Waals surface area contributed by atoms with Crippen LogP contribution in [-0.4, -0.2) is 18.5 Å². The SMILES string of the molecule is CCCCCCCCCCCCCCCCCCCCCC(=O)Nc1ccc(C(=O)OCCC)cc1. The van der Waals surface area contributed by atoms with Gasteiger partial charge >= 0.3 is 5.97 Å². The number of esters is 1. The van der Waals surface area contributed by atoms with Crippen molar-refractivity contribution in [2.75, 3.05) is 11.9 Å². The third-order valence-electron chi connectivity index (χ3n) is 6.85. The molecule has 1 amide bonds. The summed E-state index contributed by atoms with van der Waals surface area (Å²) in [5.41, 5.74) is 1.24. The standard InChI is InChI=1S/C32H55NO3/c1-3-5-6-7-8-9-10-11-12-13-14-15-16-17-18-19-20-21-22-23-31(34)33-30-26-24-29(25-27-30)32(35)36-28-4-2/h24-27H,3-23,28H2,1-2H3,(H,33,34). The highest BCUT2D eigenvalue weighted by Crippen LogP contribution is 2.16. The van der Waals surface area contributed by atoms with Gasteiger partial charge in [-0.2, -0.15) is 0 Å². The first kappa shape index (κ1) is 32.2. The summed E-state index contributed by atoms with van der Waals surface area (Å²) in [6.07, 6.45) is 27.1. The van der Waals surface area contributed by atoms with Gasteiger partial charge in [0.1, 0.15) is 0 Å². The van der Waals surface area contributed by atoms with E-state index in [1.165, 1.54) is 109 Å². The molecule has 1 aromatic carbocycles. The number of rotatable bonds is 24. The number of ether oxygens (including phenoxy) is 1. The molecule has 0 aliphatic carbocycles. The molecule has 206 valence electrons. The van der Waals surface area contributed by atoms with E-state index in [9.17, 15) is 9.59 Å². The summed E-state index contributed by atoms with van der Waals surface area (Å²) in [6.45, 7) is 4.68. The van der Waals surface area contributed by atoms with Crippen LogP contribution in [0.3, 0.4) is 0 Å². The third-order valence-corrected chi connectivity index (χ3v) is 6.85. The zero-order valence-corrected chi connectivity index (χ0v) is 23.6. The highest BCUT2D eigenvalue weighted by atomic mass is 16.5. The Morgan fingerprint density at radius 2 is 1.00 bits per heavy atom. The predicted octanol–water partition coefficient (Wildman–Crippen LogP) is 10.0. The van der Waals surface area contributed by atoms with E-state index in [2.05, 4.69) is 12.2 Å². The zero-order chi connectivity index (χ0) is 26.1. The van der Waals surface area contributed by atoms with Gasteiger partial charge in [0, 0.05) is 12.1 Å². The molecular weight excluding hydrogens is 446 g/mol. The maximum absolute atomic E-state index is 12.2. The average molecular weight is 502 g/mol. The van der Waals surface area contributed by atoms with Crippen molar-refractivity contribution in [2.24, 2.45) is 0 Å². The molecule has 0 aromatic heterocycles. The minimum atomic E-state index is -0.316. The summed E-state index contributed by atoms with van der Waals surface area (Å²) >= 11 is 0. The Balaban J connectivity index is 1.87. The molecule has 1 aromatic rings. The van der Waals surface area contributed by atoms with E-state index in [4.69, 9.17) is 4.74 Å². The highest BCUT2D eigenvalue weighted by Gasteiger charge is 2.07. The average Bonchev–Trinajstić information content (AvgIpc) is 2.89. The first-order chi connectivity index (χ1) is 17.7. The second-order valence-electron chi connectivity index (χ2n) is 10.4. The van der Waals surface area contributed by atoms with Crippen LogP contribution in [0.15, 0.2) is 24.3 Å². The second kappa shape index (κ2) is 23.6. The lowest BCUT2D eigenvalue weighted by atomic mass is 10.0. The van der Waals surface area contributed by atoms with Crippen LogP contribution in [0.1, 0.15) is 159 Å². The van der Waals surface area contributed by atoms with Gasteiger partial charge in [-0.3, -0.25) is 4.79 Å². The first-order valence-corrected chi connectivity index (χ1v) is 15.2. The van der Waals surface area contributed by atoms with Crippen molar-refractivity contribution < 1.29 is 14.3 Å². The molecule has 0 atom stereocenters. The molecule has 0 unspecified atom stereocenters. The summed E-state index contributed by atoms with van der Waals surface area (Å²) in [7, 11) is 0. The summed E-state index contributed by atoms with van der Waals surface area (Å²) in [6, 6.07) is 6.92. The Hall–Kier alpha value is -1.84. The van der Waals surface area contributed by atoms with E-state index in [-0.39, 0.29) is 11.9 Å². The molecule has 1 rings (SSSR count). The van der Waals surface area contributed by atoms with Crippen LogP contribution in [0.5, 0.6) is 0 Å². The maximum atomic E-state index is 12.2. The third kappa shape index (κ3) is 18.4. The lowest BCUT2D eigenvalue weighted by Gasteiger charge is -2.07. The van der Waals surface area contributed by atoms with Gasteiger partial charge in [0.15, 0.2) is 0 Å². The van der Waals surface area contributed by atoms with Crippen molar-refractivity contribution in [3.63, 3.8) is 0 Å². The van der Waals surface area contributed by atoms with Gasteiger partial charge in [0.25, 0.3) is 0 Å². The number of anilines is 1. The molecule has 4 heteroatoms. The monoisotopic (exact) mass is 501 g/mol. The highest BCUT2D eigenvalue weighted by molar-refractivity contribution is 5.93. The Morgan fingerprint density at radius 3 is 1.42 bits per heavy atom. The predicted molar refractivity (Wildman–Crippen MR) is 154 cm³/mol. The molecule has 1 N–H and O–H groups in total. The van der Waals surface area contributed by atoms with Crippen LogP contribution in [0.2, 0.25) is 0 Å². The van der Waals surface area contributed by atoms with Gasteiger partial charge in [-0.25, -0.2) is 4.79 Å². The Labute approximate surface area is 222 Å². The second-order valence-corrected chi connectivity index (χ2v) is 10.4. The van der Waals surface area contributed by atoms with Crippen molar-refractivity contribution in [1.29, 1.82) is 0 Å². The molecule has 0 fully saturated rings. The van der Waals surface area contributed by atoms with Crippen LogP contribution in [0.25, 0.3) is 0 Å². The van der Waals surface area contributed by atoms with Crippen LogP contribution >= 0.6 is 0 Å². The zero-order valence-electron chi connectivity index (χ0n) is 23.6. The fourth-order valence-corrected chi connectivity index (χ4v) is 4.56. The van der Waals surface area contributed by atoms with E-state index >= 15 is 0 Å². The molecule has 0 heterocycles. The number of hydrogen-bond donors (Lipinski definition) is 1. The van der Waals surface area contributed by atoms with Gasteiger partial charge in [0.2, 0.25) is 5.91 Å². The largest absolute Gasteiger partial charge is 0.462 e. The molecule has 4 nitrogen and oxygen atoms in total. The van der Waals surface area contributed by atoms with Gasteiger partial charge in [-0.15, -0.1) is 0 Å². The number of hydrogen-bond acceptors (Lipinski definition) is 3. The quantitative estimate of drug-likeness (QED) is 0.113. The maximum Gasteiger partial charge on any atom is 0.338 e. The summed E-state index contributed by atoms with van der Waals surface area (Å²) in [5.74, 6) is -0.271. The number of amides is 1. The van der Waals surface area contributed by atoms with Crippen LogP contribution < -0.4 is 5.32 Å². The normalized spacial score (nSPS) is 10.9. The lowest BCUT2D eigenvalue weighted by molar-refractivity contribution is -0.116. The van der Waals surface area contributed by atoms with E-state index < -0.39 is 0 Å². The summed E-state index contributed by atoms with van der Waals surface area (Å²) in [4.78, 5) is 24.0. The fraction of sp³-hybridized carbons (Fsp3) is 0.750.